The Morgan fingerprint density at radius 3 is 2.67 bits per heavy atom. The van der Waals surface area contributed by atoms with E-state index in [1.165, 1.54) is 6.07 Å². The van der Waals surface area contributed by atoms with Crippen molar-refractivity contribution in [2.45, 2.75) is 25.8 Å². The fourth-order valence-corrected chi connectivity index (χ4v) is 1.88. The molecule has 0 radical (unpaired) electrons. The first kappa shape index (κ1) is 10.5. The van der Waals surface area contributed by atoms with E-state index in [1.54, 1.807) is 0 Å². The van der Waals surface area contributed by atoms with E-state index in [2.05, 4.69) is 5.32 Å². The number of thiocarbonyl (C=S) groups is 1. The first-order valence-electron chi connectivity index (χ1n) is 4.69. The van der Waals surface area contributed by atoms with Gasteiger partial charge in [-0.3, -0.25) is 0 Å². The van der Waals surface area contributed by atoms with Crippen LogP contribution >= 0.6 is 12.2 Å². The molecule has 0 spiro atoms. The molecule has 0 saturated heterocycles. The summed E-state index contributed by atoms with van der Waals surface area (Å²) in [7, 11) is 0. The van der Waals surface area contributed by atoms with Gasteiger partial charge in [0.25, 0.3) is 0 Å². The van der Waals surface area contributed by atoms with Crippen LogP contribution in [0.4, 0.5) is 14.5 Å². The monoisotopic (exact) mass is 227 g/mol. The van der Waals surface area contributed by atoms with Crippen LogP contribution in [0.1, 0.15) is 19.4 Å². The van der Waals surface area contributed by atoms with Crippen molar-refractivity contribution in [3.8, 4) is 0 Å². The molecule has 4 heteroatoms. The van der Waals surface area contributed by atoms with E-state index in [0.717, 1.165) is 10.9 Å². The van der Waals surface area contributed by atoms with Crippen LogP contribution in [0, 0.1) is 11.6 Å². The highest BCUT2D eigenvalue weighted by molar-refractivity contribution is 7.80. The summed E-state index contributed by atoms with van der Waals surface area (Å²) in [6.45, 7) is 3.81. The van der Waals surface area contributed by atoms with E-state index < -0.39 is 11.6 Å². The molecule has 1 aromatic rings. The van der Waals surface area contributed by atoms with Gasteiger partial charge >= 0.3 is 0 Å². The van der Waals surface area contributed by atoms with Gasteiger partial charge in [0.15, 0.2) is 0 Å². The van der Waals surface area contributed by atoms with Crippen LogP contribution in [0.15, 0.2) is 12.1 Å². The highest BCUT2D eigenvalue weighted by atomic mass is 32.1. The van der Waals surface area contributed by atoms with Crippen molar-refractivity contribution in [1.29, 1.82) is 0 Å². The van der Waals surface area contributed by atoms with Gasteiger partial charge < -0.3 is 5.32 Å². The summed E-state index contributed by atoms with van der Waals surface area (Å²) in [5.74, 6) is -1.10. The van der Waals surface area contributed by atoms with Gasteiger partial charge in [-0.05, 0) is 19.9 Å². The molecule has 0 aliphatic carbocycles. The number of hydrogen-bond acceptors (Lipinski definition) is 2. The minimum Gasteiger partial charge on any atom is -0.375 e. The number of fused-ring (bicyclic) bond motifs is 1. The molecular weight excluding hydrogens is 216 g/mol. The molecule has 1 N–H and O–H groups in total. The zero-order valence-corrected chi connectivity index (χ0v) is 9.34. The van der Waals surface area contributed by atoms with Gasteiger partial charge in [-0.25, -0.2) is 8.78 Å². The Morgan fingerprint density at radius 2 is 2.00 bits per heavy atom. The number of rotatable bonds is 0. The number of halogens is 2. The molecule has 0 atom stereocenters. The quantitative estimate of drug-likeness (QED) is 0.683. The van der Waals surface area contributed by atoms with E-state index in [9.17, 15) is 8.78 Å². The maximum atomic E-state index is 13.4. The van der Waals surface area contributed by atoms with Crippen LogP contribution < -0.4 is 5.32 Å². The second kappa shape index (κ2) is 3.23. The number of nitrogens with one attached hydrogen (secondary N) is 1. The number of benzene rings is 1. The Balaban J connectivity index is 2.55. The van der Waals surface area contributed by atoms with Crippen LogP contribution in [0.5, 0.6) is 0 Å². The van der Waals surface area contributed by atoms with Gasteiger partial charge in [-0.15, -0.1) is 0 Å². The minimum absolute atomic E-state index is 0.386. The van der Waals surface area contributed by atoms with Gasteiger partial charge in [-0.2, -0.15) is 0 Å². The summed E-state index contributed by atoms with van der Waals surface area (Å²) in [5.41, 5.74) is 0.578. The van der Waals surface area contributed by atoms with Gasteiger partial charge in [0.2, 0.25) is 0 Å². The van der Waals surface area contributed by atoms with Crippen molar-refractivity contribution in [2.24, 2.45) is 0 Å². The van der Waals surface area contributed by atoms with Crippen molar-refractivity contribution in [3.05, 3.63) is 29.3 Å². The fourth-order valence-electron chi connectivity index (χ4n) is 1.68. The molecule has 2 rings (SSSR count). The number of anilines is 1. The Labute approximate surface area is 92.5 Å². The van der Waals surface area contributed by atoms with Gasteiger partial charge in [0.05, 0.1) is 5.54 Å². The molecule has 0 aromatic heterocycles. The molecule has 1 heterocycles. The lowest BCUT2D eigenvalue weighted by molar-refractivity contribution is 0.572. The second-order valence-electron chi connectivity index (χ2n) is 4.26. The van der Waals surface area contributed by atoms with E-state index in [1.807, 2.05) is 13.8 Å². The Hall–Kier alpha value is -1.03. The average Bonchev–Trinajstić information content (AvgIpc) is 2.08. The number of hydrogen-bond donors (Lipinski definition) is 1. The molecule has 1 aromatic carbocycles. The van der Waals surface area contributed by atoms with Crippen LogP contribution in [-0.2, 0) is 6.42 Å². The van der Waals surface area contributed by atoms with Crippen molar-refractivity contribution < 1.29 is 8.78 Å². The molecule has 15 heavy (non-hydrogen) atoms. The zero-order chi connectivity index (χ0) is 11.2. The molecule has 80 valence electrons. The molecule has 0 saturated carbocycles. The zero-order valence-electron chi connectivity index (χ0n) is 8.53. The van der Waals surface area contributed by atoms with Crippen molar-refractivity contribution in [1.82, 2.24) is 0 Å². The normalized spacial score (nSPS) is 18.3. The van der Waals surface area contributed by atoms with Crippen molar-refractivity contribution in [2.75, 3.05) is 5.32 Å². The third kappa shape index (κ3) is 1.74. The predicted molar refractivity (Wildman–Crippen MR) is 60.4 cm³/mol. The average molecular weight is 227 g/mol. The van der Waals surface area contributed by atoms with E-state index in [-0.39, 0.29) is 5.54 Å². The lowest BCUT2D eigenvalue weighted by atomic mass is 9.89. The van der Waals surface area contributed by atoms with Crippen LogP contribution in [0.3, 0.4) is 0 Å². The highest BCUT2D eigenvalue weighted by Crippen LogP contribution is 2.31. The Morgan fingerprint density at radius 1 is 1.33 bits per heavy atom. The van der Waals surface area contributed by atoms with Crippen LogP contribution in [0.25, 0.3) is 0 Å². The van der Waals surface area contributed by atoms with E-state index in [4.69, 9.17) is 12.2 Å². The Kier molecular flexibility index (Phi) is 2.26. The van der Waals surface area contributed by atoms with Gasteiger partial charge in [0, 0.05) is 28.6 Å². The summed E-state index contributed by atoms with van der Waals surface area (Å²) in [6.07, 6.45) is 0.386. The summed E-state index contributed by atoms with van der Waals surface area (Å²) in [5, 5.41) is 3.05. The first-order valence-corrected chi connectivity index (χ1v) is 5.10. The van der Waals surface area contributed by atoms with Gasteiger partial charge in [-0.1, -0.05) is 12.2 Å². The molecule has 1 aliphatic rings. The second-order valence-corrected chi connectivity index (χ2v) is 4.76. The molecule has 0 bridgehead atoms. The summed E-state index contributed by atoms with van der Waals surface area (Å²) in [6, 6.07) is 2.20. The summed E-state index contributed by atoms with van der Waals surface area (Å²) >= 11 is 5.19. The minimum atomic E-state index is -0.567. The maximum absolute atomic E-state index is 13.4. The van der Waals surface area contributed by atoms with E-state index in [0.29, 0.717) is 17.7 Å². The standard InChI is InChI=1S/C11H11F2NS/c1-11(2)10(15)5-7-8(13)3-6(12)4-9(7)14-11/h3-4,14H,5H2,1-2H3. The highest BCUT2D eigenvalue weighted by Gasteiger charge is 2.31. The predicted octanol–water partition coefficient (Wildman–Crippen LogP) is 3.08. The summed E-state index contributed by atoms with van der Waals surface area (Å²) in [4.78, 5) is 0.737. The van der Waals surface area contributed by atoms with Crippen molar-refractivity contribution >= 4 is 22.8 Å². The Bertz CT molecular complexity index is 440. The molecule has 1 nitrogen and oxygen atoms in total. The fraction of sp³-hybridized carbons (Fsp3) is 0.364. The smallest absolute Gasteiger partial charge is 0.131 e. The van der Waals surface area contributed by atoms with Crippen LogP contribution in [-0.4, -0.2) is 10.4 Å². The largest absolute Gasteiger partial charge is 0.375 e. The topological polar surface area (TPSA) is 12.0 Å². The molecule has 0 amide bonds. The van der Waals surface area contributed by atoms with E-state index >= 15 is 0 Å². The lowest BCUT2D eigenvalue weighted by Gasteiger charge is -2.34. The summed E-state index contributed by atoms with van der Waals surface area (Å²) < 4.78 is 26.4. The lowest BCUT2D eigenvalue weighted by Crippen LogP contribution is -2.44. The maximum Gasteiger partial charge on any atom is 0.131 e. The third-order valence-electron chi connectivity index (χ3n) is 2.64. The molecule has 1 aliphatic heterocycles. The van der Waals surface area contributed by atoms with Crippen LogP contribution in [0.2, 0.25) is 0 Å². The third-order valence-corrected chi connectivity index (χ3v) is 3.30. The van der Waals surface area contributed by atoms with Gasteiger partial charge in [0.1, 0.15) is 11.6 Å². The molecule has 0 unspecified atom stereocenters. The first-order chi connectivity index (χ1) is 6.90. The molecule has 0 fully saturated rings. The van der Waals surface area contributed by atoms with Crippen molar-refractivity contribution in [3.63, 3.8) is 0 Å². The molecular formula is C11H11F2NS. The SMILES string of the molecule is CC1(C)Nc2cc(F)cc(F)c2CC1=S.